The van der Waals surface area contributed by atoms with Gasteiger partial charge in [-0.05, 0) is 100 Å². The number of methoxy groups -OCH3 is 2. The number of likely N-dealkylation sites (tertiary alicyclic amines) is 1. The van der Waals surface area contributed by atoms with Crippen molar-refractivity contribution in [3.63, 3.8) is 0 Å². The van der Waals surface area contributed by atoms with Crippen molar-refractivity contribution in [2.24, 2.45) is 0 Å². The van der Waals surface area contributed by atoms with Gasteiger partial charge in [0.2, 0.25) is 0 Å². The monoisotopic (exact) mass is 422 g/mol. The third-order valence-electron chi connectivity index (χ3n) is 7.29. The summed E-state index contributed by atoms with van der Waals surface area (Å²) < 4.78 is 10.9. The standard InChI is InChI=1S/C27H38N2O2/c1-20(2)29-18-14-22(24-7-5-6-8-25(24)29)13-17-28-15-11-21(12-16-28)23-9-10-26(30-3)27(19-23)31-4/h5-10,19-22H,11-18H2,1-4H3. The summed E-state index contributed by atoms with van der Waals surface area (Å²) in [5.41, 5.74) is 4.40. The van der Waals surface area contributed by atoms with E-state index in [1.165, 1.54) is 63.1 Å². The molecule has 2 aliphatic rings. The van der Waals surface area contributed by atoms with Gasteiger partial charge in [0.15, 0.2) is 11.5 Å². The van der Waals surface area contributed by atoms with Gasteiger partial charge in [-0.2, -0.15) is 0 Å². The van der Waals surface area contributed by atoms with Crippen LogP contribution >= 0.6 is 0 Å². The molecule has 0 N–H and O–H groups in total. The summed E-state index contributed by atoms with van der Waals surface area (Å²) in [5, 5.41) is 0. The van der Waals surface area contributed by atoms with Crippen LogP contribution in [0.15, 0.2) is 42.5 Å². The lowest BCUT2D eigenvalue weighted by atomic mass is 9.86. The van der Waals surface area contributed by atoms with Crippen molar-refractivity contribution in [2.75, 3.05) is 45.3 Å². The second-order valence-electron chi connectivity index (χ2n) is 9.35. The van der Waals surface area contributed by atoms with Gasteiger partial charge in [-0.15, -0.1) is 0 Å². The summed E-state index contributed by atoms with van der Waals surface area (Å²) in [4.78, 5) is 5.25. The number of fused-ring (bicyclic) bond motifs is 1. The van der Waals surface area contributed by atoms with Gasteiger partial charge in [-0.1, -0.05) is 24.3 Å². The molecule has 0 aromatic heterocycles. The van der Waals surface area contributed by atoms with E-state index in [1.807, 2.05) is 6.07 Å². The van der Waals surface area contributed by atoms with E-state index in [1.54, 1.807) is 19.8 Å². The fraction of sp³-hybridized carbons (Fsp3) is 0.556. The van der Waals surface area contributed by atoms with Crippen LogP contribution in [0.1, 0.15) is 62.5 Å². The molecule has 2 aromatic rings. The average molecular weight is 423 g/mol. The molecule has 1 saturated heterocycles. The van der Waals surface area contributed by atoms with Crippen molar-refractivity contribution in [1.29, 1.82) is 0 Å². The van der Waals surface area contributed by atoms with Crippen LogP contribution in [0.4, 0.5) is 5.69 Å². The summed E-state index contributed by atoms with van der Waals surface area (Å²) in [7, 11) is 3.41. The Bertz CT molecular complexity index is 858. The molecule has 0 radical (unpaired) electrons. The van der Waals surface area contributed by atoms with Crippen molar-refractivity contribution in [3.05, 3.63) is 53.6 Å². The molecule has 31 heavy (non-hydrogen) atoms. The van der Waals surface area contributed by atoms with Gasteiger partial charge in [0, 0.05) is 18.3 Å². The molecule has 168 valence electrons. The highest BCUT2D eigenvalue weighted by atomic mass is 16.5. The zero-order chi connectivity index (χ0) is 21.8. The van der Waals surface area contributed by atoms with Crippen molar-refractivity contribution in [2.45, 2.75) is 57.4 Å². The van der Waals surface area contributed by atoms with Gasteiger partial charge in [-0.3, -0.25) is 0 Å². The molecule has 0 spiro atoms. The van der Waals surface area contributed by atoms with Crippen LogP contribution in [-0.2, 0) is 0 Å². The van der Waals surface area contributed by atoms with E-state index >= 15 is 0 Å². The van der Waals surface area contributed by atoms with Gasteiger partial charge in [-0.25, -0.2) is 0 Å². The maximum absolute atomic E-state index is 5.51. The van der Waals surface area contributed by atoms with Gasteiger partial charge in [0.05, 0.1) is 14.2 Å². The Kier molecular flexibility index (Phi) is 7.06. The molecule has 2 aliphatic heterocycles. The minimum absolute atomic E-state index is 0.567. The molecular formula is C27H38N2O2. The molecule has 4 heteroatoms. The van der Waals surface area contributed by atoms with Crippen molar-refractivity contribution >= 4 is 5.69 Å². The van der Waals surface area contributed by atoms with Gasteiger partial charge in [0.1, 0.15) is 0 Å². The predicted molar refractivity (Wildman–Crippen MR) is 129 cm³/mol. The number of hydrogen-bond donors (Lipinski definition) is 0. The fourth-order valence-corrected chi connectivity index (χ4v) is 5.44. The smallest absolute Gasteiger partial charge is 0.160 e. The summed E-state index contributed by atoms with van der Waals surface area (Å²) in [6.45, 7) is 9.37. The van der Waals surface area contributed by atoms with Crippen LogP contribution in [0.2, 0.25) is 0 Å². The first-order valence-corrected chi connectivity index (χ1v) is 11.9. The molecule has 1 atom stereocenters. The maximum Gasteiger partial charge on any atom is 0.160 e. The molecule has 0 aliphatic carbocycles. The van der Waals surface area contributed by atoms with E-state index in [4.69, 9.17) is 9.47 Å². The highest BCUT2D eigenvalue weighted by Crippen LogP contribution is 2.39. The number of hydrogen-bond acceptors (Lipinski definition) is 4. The Balaban J connectivity index is 1.32. The highest BCUT2D eigenvalue weighted by molar-refractivity contribution is 5.57. The van der Waals surface area contributed by atoms with E-state index in [0.29, 0.717) is 17.9 Å². The zero-order valence-electron chi connectivity index (χ0n) is 19.6. The van der Waals surface area contributed by atoms with Crippen LogP contribution in [-0.4, -0.2) is 51.3 Å². The number of anilines is 1. The molecule has 2 heterocycles. The van der Waals surface area contributed by atoms with Gasteiger partial charge in [0.25, 0.3) is 0 Å². The zero-order valence-corrected chi connectivity index (χ0v) is 19.6. The van der Waals surface area contributed by atoms with Gasteiger partial charge < -0.3 is 19.3 Å². The second kappa shape index (κ2) is 9.95. The fourth-order valence-electron chi connectivity index (χ4n) is 5.44. The molecule has 4 rings (SSSR count). The lowest BCUT2D eigenvalue weighted by Crippen LogP contribution is -2.38. The van der Waals surface area contributed by atoms with Crippen molar-refractivity contribution < 1.29 is 9.47 Å². The van der Waals surface area contributed by atoms with Gasteiger partial charge >= 0.3 is 0 Å². The van der Waals surface area contributed by atoms with E-state index in [9.17, 15) is 0 Å². The Morgan fingerprint density at radius 2 is 1.65 bits per heavy atom. The first-order chi connectivity index (χ1) is 15.1. The van der Waals surface area contributed by atoms with E-state index in [-0.39, 0.29) is 0 Å². The normalized spacial score (nSPS) is 20.0. The van der Waals surface area contributed by atoms with Crippen molar-refractivity contribution in [1.82, 2.24) is 4.90 Å². The lowest BCUT2D eigenvalue weighted by molar-refractivity contribution is 0.204. The molecule has 1 fully saturated rings. The van der Waals surface area contributed by atoms with Crippen LogP contribution < -0.4 is 14.4 Å². The molecule has 2 aromatic carbocycles. The Morgan fingerprint density at radius 3 is 2.35 bits per heavy atom. The number of benzene rings is 2. The quantitative estimate of drug-likeness (QED) is 0.573. The molecule has 0 bridgehead atoms. The second-order valence-corrected chi connectivity index (χ2v) is 9.35. The van der Waals surface area contributed by atoms with E-state index < -0.39 is 0 Å². The van der Waals surface area contributed by atoms with Crippen LogP contribution in [0, 0.1) is 0 Å². The number of para-hydroxylation sites is 1. The summed E-state index contributed by atoms with van der Waals surface area (Å²) in [6.07, 6.45) is 4.98. The maximum atomic E-state index is 5.51. The Morgan fingerprint density at radius 1 is 0.903 bits per heavy atom. The van der Waals surface area contributed by atoms with E-state index in [2.05, 4.69) is 60.0 Å². The highest BCUT2D eigenvalue weighted by Gasteiger charge is 2.27. The minimum Gasteiger partial charge on any atom is -0.493 e. The first kappa shape index (κ1) is 22.0. The Hall–Kier alpha value is -2.20. The number of ether oxygens (including phenoxy) is 2. The van der Waals surface area contributed by atoms with Crippen LogP contribution in [0.3, 0.4) is 0 Å². The number of piperidine rings is 1. The first-order valence-electron chi connectivity index (χ1n) is 11.9. The number of rotatable bonds is 7. The SMILES string of the molecule is COc1ccc(C2CCN(CCC3CCN(C(C)C)c4ccccc43)CC2)cc1OC. The summed E-state index contributed by atoms with van der Waals surface area (Å²) in [5.74, 6) is 2.96. The third-order valence-corrected chi connectivity index (χ3v) is 7.29. The molecular weight excluding hydrogens is 384 g/mol. The topological polar surface area (TPSA) is 24.9 Å². The Labute approximate surface area is 188 Å². The van der Waals surface area contributed by atoms with E-state index in [0.717, 1.165) is 11.5 Å². The third kappa shape index (κ3) is 4.85. The van der Waals surface area contributed by atoms with Crippen LogP contribution in [0.25, 0.3) is 0 Å². The molecule has 1 unspecified atom stereocenters. The van der Waals surface area contributed by atoms with Crippen LogP contribution in [0.5, 0.6) is 11.5 Å². The summed E-state index contributed by atoms with van der Waals surface area (Å²) >= 11 is 0. The average Bonchev–Trinajstić information content (AvgIpc) is 2.82. The molecule has 4 nitrogen and oxygen atoms in total. The largest absolute Gasteiger partial charge is 0.493 e. The van der Waals surface area contributed by atoms with Crippen molar-refractivity contribution in [3.8, 4) is 11.5 Å². The molecule has 0 amide bonds. The minimum atomic E-state index is 0.567. The predicted octanol–water partition coefficient (Wildman–Crippen LogP) is 5.68. The lowest BCUT2D eigenvalue weighted by Gasteiger charge is -2.39. The molecule has 0 saturated carbocycles. The summed E-state index contributed by atoms with van der Waals surface area (Å²) in [6, 6.07) is 16.1. The number of nitrogens with zero attached hydrogens (tertiary/aromatic N) is 2.